The Hall–Kier alpha value is -2.03. The first-order valence-corrected chi connectivity index (χ1v) is 6.56. The maximum atomic E-state index is 5.70. The Morgan fingerprint density at radius 2 is 2.16 bits per heavy atom. The van der Waals surface area contributed by atoms with Gasteiger partial charge in [-0.05, 0) is 24.5 Å². The molecule has 0 saturated heterocycles. The second-order valence-electron chi connectivity index (χ2n) is 4.92. The minimum Gasteiger partial charge on any atom is -0.487 e. The van der Waals surface area contributed by atoms with E-state index in [-0.39, 0.29) is 0 Å². The SMILES string of the molecule is C=CCOc1ccccc1-n1cncc1CC(C)C. The lowest BCUT2D eigenvalue weighted by molar-refractivity contribution is 0.361. The molecular formula is C16H20N2O. The lowest BCUT2D eigenvalue weighted by Gasteiger charge is -2.14. The van der Waals surface area contributed by atoms with Crippen LogP contribution in [-0.4, -0.2) is 16.2 Å². The number of para-hydroxylation sites is 2. The van der Waals surface area contributed by atoms with Crippen molar-refractivity contribution in [1.82, 2.24) is 9.55 Å². The van der Waals surface area contributed by atoms with Crippen LogP contribution >= 0.6 is 0 Å². The summed E-state index contributed by atoms with van der Waals surface area (Å²) in [6.45, 7) is 8.60. The van der Waals surface area contributed by atoms with E-state index in [9.17, 15) is 0 Å². The summed E-state index contributed by atoms with van der Waals surface area (Å²) in [5, 5.41) is 0. The number of imidazole rings is 1. The molecule has 0 unspecified atom stereocenters. The molecular weight excluding hydrogens is 236 g/mol. The second kappa shape index (κ2) is 6.23. The number of rotatable bonds is 6. The highest BCUT2D eigenvalue weighted by molar-refractivity contribution is 5.47. The van der Waals surface area contributed by atoms with Gasteiger partial charge in [0.25, 0.3) is 0 Å². The number of ether oxygens (including phenoxy) is 1. The van der Waals surface area contributed by atoms with Crippen molar-refractivity contribution >= 4 is 0 Å². The van der Waals surface area contributed by atoms with Crippen LogP contribution in [0.3, 0.4) is 0 Å². The average molecular weight is 256 g/mol. The molecule has 3 heteroatoms. The molecule has 1 aromatic heterocycles. The van der Waals surface area contributed by atoms with E-state index < -0.39 is 0 Å². The van der Waals surface area contributed by atoms with E-state index in [1.807, 2.05) is 36.8 Å². The lowest BCUT2D eigenvalue weighted by Crippen LogP contribution is -2.05. The van der Waals surface area contributed by atoms with Crippen molar-refractivity contribution in [3.8, 4) is 11.4 Å². The molecule has 3 nitrogen and oxygen atoms in total. The van der Waals surface area contributed by atoms with Crippen molar-refractivity contribution < 1.29 is 4.74 Å². The largest absolute Gasteiger partial charge is 0.487 e. The van der Waals surface area contributed by atoms with Gasteiger partial charge in [0.2, 0.25) is 0 Å². The number of hydrogen-bond acceptors (Lipinski definition) is 2. The van der Waals surface area contributed by atoms with Crippen LogP contribution in [0.25, 0.3) is 5.69 Å². The summed E-state index contributed by atoms with van der Waals surface area (Å²) in [6, 6.07) is 8.00. The van der Waals surface area contributed by atoms with Gasteiger partial charge in [-0.2, -0.15) is 0 Å². The Balaban J connectivity index is 2.35. The zero-order valence-corrected chi connectivity index (χ0v) is 11.5. The average Bonchev–Trinajstić information content (AvgIpc) is 2.84. The zero-order chi connectivity index (χ0) is 13.7. The molecule has 1 heterocycles. The first kappa shape index (κ1) is 13.4. The summed E-state index contributed by atoms with van der Waals surface area (Å²) < 4.78 is 7.80. The Morgan fingerprint density at radius 3 is 2.89 bits per heavy atom. The van der Waals surface area contributed by atoms with E-state index in [1.165, 1.54) is 5.69 Å². The zero-order valence-electron chi connectivity index (χ0n) is 11.5. The van der Waals surface area contributed by atoms with Gasteiger partial charge in [-0.3, -0.25) is 4.57 Å². The number of hydrogen-bond donors (Lipinski definition) is 0. The van der Waals surface area contributed by atoms with Crippen LogP contribution in [0.15, 0.2) is 49.4 Å². The lowest BCUT2D eigenvalue weighted by atomic mass is 10.1. The third-order valence-electron chi connectivity index (χ3n) is 2.81. The van der Waals surface area contributed by atoms with Gasteiger partial charge in [-0.25, -0.2) is 4.98 Å². The highest BCUT2D eigenvalue weighted by Crippen LogP contribution is 2.24. The van der Waals surface area contributed by atoms with E-state index in [4.69, 9.17) is 4.74 Å². The predicted molar refractivity (Wildman–Crippen MR) is 77.8 cm³/mol. The Morgan fingerprint density at radius 1 is 1.37 bits per heavy atom. The van der Waals surface area contributed by atoms with Crippen molar-refractivity contribution in [2.45, 2.75) is 20.3 Å². The maximum absolute atomic E-state index is 5.70. The minimum absolute atomic E-state index is 0.505. The monoisotopic (exact) mass is 256 g/mol. The molecule has 0 aliphatic carbocycles. The van der Waals surface area contributed by atoms with Crippen LogP contribution in [0.1, 0.15) is 19.5 Å². The van der Waals surface area contributed by atoms with Crippen LogP contribution in [0.4, 0.5) is 0 Å². The van der Waals surface area contributed by atoms with Gasteiger partial charge >= 0.3 is 0 Å². The molecule has 0 atom stereocenters. The molecule has 0 N–H and O–H groups in total. The van der Waals surface area contributed by atoms with Crippen molar-refractivity contribution in [3.63, 3.8) is 0 Å². The molecule has 0 amide bonds. The topological polar surface area (TPSA) is 27.1 Å². The van der Waals surface area contributed by atoms with Crippen LogP contribution in [0.5, 0.6) is 5.75 Å². The molecule has 1 aromatic carbocycles. The molecule has 100 valence electrons. The number of nitrogens with zero attached hydrogens (tertiary/aromatic N) is 2. The first-order chi connectivity index (χ1) is 9.22. The molecule has 0 radical (unpaired) electrons. The van der Waals surface area contributed by atoms with Gasteiger partial charge in [0.1, 0.15) is 12.4 Å². The molecule has 0 aliphatic heterocycles. The van der Waals surface area contributed by atoms with E-state index in [1.54, 1.807) is 6.08 Å². The van der Waals surface area contributed by atoms with Crippen LogP contribution in [-0.2, 0) is 6.42 Å². The third kappa shape index (κ3) is 3.25. The molecule has 0 spiro atoms. The van der Waals surface area contributed by atoms with Crippen molar-refractivity contribution in [1.29, 1.82) is 0 Å². The fourth-order valence-electron chi connectivity index (χ4n) is 2.04. The standard InChI is InChI=1S/C16H20N2O/c1-4-9-19-16-8-6-5-7-15(16)18-12-17-11-14(18)10-13(2)3/h4-8,11-13H,1,9-10H2,2-3H3. The van der Waals surface area contributed by atoms with Gasteiger partial charge in [-0.15, -0.1) is 0 Å². The van der Waals surface area contributed by atoms with E-state index in [2.05, 4.69) is 30.0 Å². The highest BCUT2D eigenvalue weighted by atomic mass is 16.5. The summed E-state index contributed by atoms with van der Waals surface area (Å²) in [5.41, 5.74) is 2.22. The molecule has 19 heavy (non-hydrogen) atoms. The summed E-state index contributed by atoms with van der Waals surface area (Å²) in [6.07, 6.45) is 6.51. The summed E-state index contributed by atoms with van der Waals surface area (Å²) in [7, 11) is 0. The molecule has 0 fully saturated rings. The van der Waals surface area contributed by atoms with Crippen LogP contribution < -0.4 is 4.74 Å². The van der Waals surface area contributed by atoms with Crippen molar-refractivity contribution in [2.24, 2.45) is 5.92 Å². The van der Waals surface area contributed by atoms with Crippen molar-refractivity contribution in [3.05, 3.63) is 55.1 Å². The summed E-state index contributed by atoms with van der Waals surface area (Å²) in [4.78, 5) is 4.26. The molecule has 0 aliphatic rings. The van der Waals surface area contributed by atoms with E-state index in [0.29, 0.717) is 12.5 Å². The summed E-state index contributed by atoms with van der Waals surface area (Å²) >= 11 is 0. The third-order valence-corrected chi connectivity index (χ3v) is 2.81. The van der Waals surface area contributed by atoms with Crippen LogP contribution in [0, 0.1) is 5.92 Å². The minimum atomic E-state index is 0.505. The van der Waals surface area contributed by atoms with Gasteiger partial charge in [0.05, 0.1) is 12.0 Å². The molecule has 2 rings (SSSR count). The van der Waals surface area contributed by atoms with Gasteiger partial charge < -0.3 is 4.74 Å². The molecule has 2 aromatic rings. The Kier molecular flexibility index (Phi) is 4.39. The molecule has 0 bridgehead atoms. The quantitative estimate of drug-likeness (QED) is 0.738. The summed E-state index contributed by atoms with van der Waals surface area (Å²) in [5.74, 6) is 1.45. The van der Waals surface area contributed by atoms with E-state index >= 15 is 0 Å². The van der Waals surface area contributed by atoms with E-state index in [0.717, 1.165) is 17.9 Å². The molecule has 0 saturated carbocycles. The number of aromatic nitrogens is 2. The predicted octanol–water partition coefficient (Wildman–Crippen LogP) is 3.64. The fraction of sp³-hybridized carbons (Fsp3) is 0.312. The highest BCUT2D eigenvalue weighted by Gasteiger charge is 2.10. The second-order valence-corrected chi connectivity index (χ2v) is 4.92. The van der Waals surface area contributed by atoms with Crippen molar-refractivity contribution in [2.75, 3.05) is 6.61 Å². The maximum Gasteiger partial charge on any atom is 0.143 e. The Bertz CT molecular complexity index is 543. The smallest absolute Gasteiger partial charge is 0.143 e. The van der Waals surface area contributed by atoms with Gasteiger partial charge in [0, 0.05) is 11.9 Å². The number of benzene rings is 1. The fourth-order valence-corrected chi connectivity index (χ4v) is 2.04. The van der Waals surface area contributed by atoms with Crippen LogP contribution in [0.2, 0.25) is 0 Å². The normalized spacial score (nSPS) is 10.7. The van der Waals surface area contributed by atoms with Gasteiger partial charge in [-0.1, -0.05) is 38.6 Å². The first-order valence-electron chi connectivity index (χ1n) is 6.56. The Labute approximate surface area is 114 Å². The van der Waals surface area contributed by atoms with Gasteiger partial charge in [0.15, 0.2) is 0 Å².